The van der Waals surface area contributed by atoms with Crippen molar-refractivity contribution in [3.63, 3.8) is 0 Å². The van der Waals surface area contributed by atoms with Crippen LogP contribution in [0.3, 0.4) is 0 Å². The minimum atomic E-state index is -3.68. The Hall–Kier alpha value is -1.72. The summed E-state index contributed by atoms with van der Waals surface area (Å²) in [6.45, 7) is 10.4. The number of rotatable bonds is 12. The van der Waals surface area contributed by atoms with Crippen LogP contribution in [0.1, 0.15) is 30.4 Å². The number of amides is 1. The standard InChI is InChI=1S/C27H46N4O5S/c1-21-15-25(35-6)16-22(2)27(21)37(33,34)30(5)13-14-36-20-26(32)29(4)18-23-7-8-24(17-23)19-31-11-9-28(3)10-12-31/h15-16,23-24H,7-14,17-20H2,1-6H3/t23-,24+/m0/s1. The smallest absolute Gasteiger partial charge is 0.248 e. The molecule has 210 valence electrons. The van der Waals surface area contributed by atoms with Crippen molar-refractivity contribution in [2.75, 3.05) is 87.3 Å². The Kier molecular flexibility index (Phi) is 10.8. The Balaban J connectivity index is 1.38. The van der Waals surface area contributed by atoms with Crippen molar-refractivity contribution in [1.82, 2.24) is 19.0 Å². The van der Waals surface area contributed by atoms with Gasteiger partial charge >= 0.3 is 0 Å². The summed E-state index contributed by atoms with van der Waals surface area (Å²) in [4.78, 5) is 19.6. The molecule has 0 spiro atoms. The van der Waals surface area contributed by atoms with Gasteiger partial charge in [0, 0.05) is 59.9 Å². The number of likely N-dealkylation sites (N-methyl/N-ethyl adjacent to an activating group) is 3. The van der Waals surface area contributed by atoms with E-state index in [1.165, 1.54) is 37.2 Å². The third-order valence-electron chi connectivity index (χ3n) is 7.83. The van der Waals surface area contributed by atoms with Crippen molar-refractivity contribution in [3.05, 3.63) is 23.3 Å². The molecule has 1 aliphatic carbocycles. The van der Waals surface area contributed by atoms with Crippen LogP contribution in [0.5, 0.6) is 5.75 Å². The molecular formula is C27H46N4O5S. The van der Waals surface area contributed by atoms with Crippen molar-refractivity contribution in [2.45, 2.75) is 38.0 Å². The highest BCUT2D eigenvalue weighted by atomic mass is 32.2. The van der Waals surface area contributed by atoms with Gasteiger partial charge in [-0.1, -0.05) is 0 Å². The van der Waals surface area contributed by atoms with Gasteiger partial charge in [0.2, 0.25) is 15.9 Å². The largest absolute Gasteiger partial charge is 0.497 e. The molecular weight excluding hydrogens is 492 g/mol. The van der Waals surface area contributed by atoms with E-state index in [-0.39, 0.29) is 30.6 Å². The SMILES string of the molecule is COc1cc(C)c(S(=O)(=O)N(C)CCOCC(=O)N(C)C[C@H]2CC[C@@H](CN3CCN(C)CC3)C2)c(C)c1. The molecule has 1 saturated heterocycles. The van der Waals surface area contributed by atoms with Gasteiger partial charge in [-0.2, -0.15) is 4.31 Å². The second kappa shape index (κ2) is 13.4. The van der Waals surface area contributed by atoms with Gasteiger partial charge in [0.1, 0.15) is 12.4 Å². The monoisotopic (exact) mass is 538 g/mol. The fraction of sp³-hybridized carbons (Fsp3) is 0.741. The quantitative estimate of drug-likeness (QED) is 0.377. The number of ether oxygens (including phenoxy) is 2. The van der Waals surface area contributed by atoms with Gasteiger partial charge in [0.05, 0.1) is 18.6 Å². The summed E-state index contributed by atoms with van der Waals surface area (Å²) in [5.41, 5.74) is 1.28. The molecule has 0 N–H and O–H groups in total. The van der Waals surface area contributed by atoms with Gasteiger partial charge in [-0.05, 0) is 75.3 Å². The van der Waals surface area contributed by atoms with Gasteiger partial charge < -0.3 is 24.2 Å². The molecule has 37 heavy (non-hydrogen) atoms. The number of nitrogens with zero attached hydrogens (tertiary/aromatic N) is 4. The number of piperazine rings is 1. The molecule has 0 unspecified atom stereocenters. The maximum Gasteiger partial charge on any atom is 0.248 e. The van der Waals surface area contributed by atoms with E-state index in [9.17, 15) is 13.2 Å². The van der Waals surface area contributed by atoms with E-state index in [2.05, 4.69) is 16.8 Å². The van der Waals surface area contributed by atoms with E-state index < -0.39 is 10.0 Å². The van der Waals surface area contributed by atoms with Gasteiger partial charge in [0.15, 0.2) is 0 Å². The normalized spacial score (nSPS) is 21.5. The van der Waals surface area contributed by atoms with E-state index in [0.717, 1.165) is 38.6 Å². The fourth-order valence-electron chi connectivity index (χ4n) is 5.57. The summed E-state index contributed by atoms with van der Waals surface area (Å²) in [6.07, 6.45) is 3.59. The Bertz CT molecular complexity index is 987. The molecule has 1 aliphatic heterocycles. The first kappa shape index (κ1) is 29.8. The molecule has 0 radical (unpaired) electrons. The molecule has 1 amide bonds. The highest BCUT2D eigenvalue weighted by Crippen LogP contribution is 2.32. The van der Waals surface area contributed by atoms with E-state index in [0.29, 0.717) is 22.8 Å². The van der Waals surface area contributed by atoms with Crippen molar-refractivity contribution >= 4 is 15.9 Å². The molecule has 3 rings (SSSR count). The fourth-order valence-corrected chi connectivity index (χ4v) is 7.13. The molecule has 0 bridgehead atoms. The van der Waals surface area contributed by atoms with Crippen LogP contribution in [-0.4, -0.2) is 121 Å². The average molecular weight is 539 g/mol. The van der Waals surface area contributed by atoms with Gasteiger partial charge in [-0.25, -0.2) is 8.42 Å². The van der Waals surface area contributed by atoms with Crippen LogP contribution in [-0.2, 0) is 19.6 Å². The van der Waals surface area contributed by atoms with E-state index in [1.54, 1.807) is 38.0 Å². The summed E-state index contributed by atoms with van der Waals surface area (Å²) in [5, 5.41) is 0. The van der Waals surface area contributed by atoms with Crippen molar-refractivity contribution in [1.29, 1.82) is 0 Å². The second-order valence-corrected chi connectivity index (χ2v) is 12.9. The number of benzene rings is 1. The number of carbonyl (C=O) groups is 1. The van der Waals surface area contributed by atoms with Crippen molar-refractivity contribution < 1.29 is 22.7 Å². The predicted molar refractivity (Wildman–Crippen MR) is 146 cm³/mol. The minimum Gasteiger partial charge on any atom is -0.497 e. The molecule has 9 nitrogen and oxygen atoms in total. The van der Waals surface area contributed by atoms with E-state index >= 15 is 0 Å². The molecule has 2 fully saturated rings. The Morgan fingerprint density at radius 1 is 1.05 bits per heavy atom. The summed E-state index contributed by atoms with van der Waals surface area (Å²) in [6, 6.07) is 3.44. The zero-order valence-electron chi connectivity index (χ0n) is 23.5. The lowest BCUT2D eigenvalue weighted by molar-refractivity contribution is -0.135. The lowest BCUT2D eigenvalue weighted by atomic mass is 10.0. The molecule has 10 heteroatoms. The predicted octanol–water partition coefficient (Wildman–Crippen LogP) is 2.07. The lowest BCUT2D eigenvalue weighted by Gasteiger charge is -2.34. The first-order valence-corrected chi connectivity index (χ1v) is 14.8. The number of sulfonamides is 1. The van der Waals surface area contributed by atoms with Crippen LogP contribution in [0.25, 0.3) is 0 Å². The number of hydrogen-bond donors (Lipinski definition) is 0. The molecule has 1 aromatic carbocycles. The highest BCUT2D eigenvalue weighted by Gasteiger charge is 2.29. The number of aryl methyl sites for hydroxylation is 2. The maximum atomic E-state index is 13.1. The van der Waals surface area contributed by atoms with Crippen LogP contribution in [0.4, 0.5) is 0 Å². The molecule has 1 saturated carbocycles. The van der Waals surface area contributed by atoms with Crippen LogP contribution in [0, 0.1) is 25.7 Å². The van der Waals surface area contributed by atoms with Gasteiger partial charge in [0.25, 0.3) is 0 Å². The maximum absolute atomic E-state index is 13.1. The third kappa shape index (κ3) is 8.13. The van der Waals surface area contributed by atoms with E-state index in [1.807, 2.05) is 7.05 Å². The zero-order valence-corrected chi connectivity index (χ0v) is 24.3. The number of hydrogen-bond acceptors (Lipinski definition) is 7. The molecule has 2 atom stereocenters. The van der Waals surface area contributed by atoms with Crippen molar-refractivity contribution in [3.8, 4) is 5.75 Å². The zero-order chi connectivity index (χ0) is 27.2. The summed E-state index contributed by atoms with van der Waals surface area (Å²) in [7, 11) is 3.44. The molecule has 1 heterocycles. The summed E-state index contributed by atoms with van der Waals surface area (Å²) < 4.78 is 38.3. The van der Waals surface area contributed by atoms with E-state index in [4.69, 9.17) is 9.47 Å². The first-order chi connectivity index (χ1) is 17.5. The summed E-state index contributed by atoms with van der Waals surface area (Å²) >= 11 is 0. The summed E-state index contributed by atoms with van der Waals surface area (Å²) in [5.74, 6) is 1.84. The minimum absolute atomic E-state index is 0.0393. The van der Waals surface area contributed by atoms with Gasteiger partial charge in [-0.15, -0.1) is 0 Å². The molecule has 1 aromatic rings. The number of methoxy groups -OCH3 is 1. The molecule has 0 aromatic heterocycles. The van der Waals surface area contributed by atoms with Crippen molar-refractivity contribution in [2.24, 2.45) is 11.8 Å². The first-order valence-electron chi connectivity index (χ1n) is 13.4. The Morgan fingerprint density at radius 2 is 1.68 bits per heavy atom. The van der Waals surface area contributed by atoms with Crippen LogP contribution < -0.4 is 4.74 Å². The Morgan fingerprint density at radius 3 is 2.30 bits per heavy atom. The highest BCUT2D eigenvalue weighted by molar-refractivity contribution is 7.89. The van der Waals surface area contributed by atoms with Crippen LogP contribution >= 0.6 is 0 Å². The number of carbonyl (C=O) groups excluding carboxylic acids is 1. The van der Waals surface area contributed by atoms with Gasteiger partial charge in [-0.3, -0.25) is 4.79 Å². The third-order valence-corrected chi connectivity index (χ3v) is 10.00. The molecule has 2 aliphatic rings. The Labute approximate surface area is 223 Å². The topological polar surface area (TPSA) is 82.6 Å². The average Bonchev–Trinajstić information content (AvgIpc) is 3.28. The van der Waals surface area contributed by atoms with Crippen LogP contribution in [0.15, 0.2) is 17.0 Å². The lowest BCUT2D eigenvalue weighted by Crippen LogP contribution is -2.45. The van der Waals surface area contributed by atoms with Crippen LogP contribution in [0.2, 0.25) is 0 Å². The second-order valence-electron chi connectivity index (χ2n) is 10.9.